The maximum Gasteiger partial charge on any atom is 0.222 e. The van der Waals surface area contributed by atoms with Gasteiger partial charge in [0.25, 0.3) is 0 Å². The van der Waals surface area contributed by atoms with Crippen molar-refractivity contribution in [3.63, 3.8) is 0 Å². The highest BCUT2D eigenvalue weighted by atomic mass is 35.5. The molecule has 0 spiro atoms. The minimum Gasteiger partial charge on any atom is -0.376 e. The molecule has 1 fully saturated rings. The molecule has 1 aromatic rings. The van der Waals surface area contributed by atoms with Crippen molar-refractivity contribution in [2.24, 2.45) is 0 Å². The minimum absolute atomic E-state index is 0.0153. The van der Waals surface area contributed by atoms with Crippen molar-refractivity contribution in [3.05, 3.63) is 34.9 Å². The molecule has 0 aromatic heterocycles. The lowest BCUT2D eigenvalue weighted by atomic mass is 10.0. The first-order chi connectivity index (χ1) is 10.8. The lowest BCUT2D eigenvalue weighted by molar-refractivity contribution is -0.122. The van der Waals surface area contributed by atoms with Crippen LogP contribution in [0, 0.1) is 0 Å². The number of amides is 1. The Balaban J connectivity index is 1.98. The first-order valence-corrected chi connectivity index (χ1v) is 9.71. The van der Waals surface area contributed by atoms with Crippen molar-refractivity contribution >= 4 is 27.5 Å². The van der Waals surface area contributed by atoms with Crippen LogP contribution in [0.1, 0.15) is 30.9 Å². The lowest BCUT2D eigenvalue weighted by Crippen LogP contribution is -2.36. The molecule has 2 rings (SSSR count). The van der Waals surface area contributed by atoms with Crippen LogP contribution in [0.15, 0.2) is 24.3 Å². The van der Waals surface area contributed by atoms with Gasteiger partial charge in [-0.2, -0.15) is 0 Å². The lowest BCUT2D eigenvalue weighted by Gasteiger charge is -2.18. The van der Waals surface area contributed by atoms with E-state index in [0.29, 0.717) is 17.1 Å². The Kier molecular flexibility index (Phi) is 6.41. The maximum atomic E-state index is 12.1. The van der Waals surface area contributed by atoms with Gasteiger partial charge in [0, 0.05) is 24.6 Å². The molecule has 2 atom stereocenters. The molecule has 2 unspecified atom stereocenters. The maximum absolute atomic E-state index is 12.1. The topological polar surface area (TPSA) is 84.5 Å². The molecule has 0 bridgehead atoms. The van der Waals surface area contributed by atoms with E-state index in [-0.39, 0.29) is 18.4 Å². The largest absolute Gasteiger partial charge is 0.376 e. The van der Waals surface area contributed by atoms with Gasteiger partial charge in [-0.05, 0) is 30.5 Å². The van der Waals surface area contributed by atoms with Crippen LogP contribution in [-0.4, -0.2) is 39.8 Å². The van der Waals surface area contributed by atoms with Crippen molar-refractivity contribution in [2.45, 2.75) is 31.4 Å². The molecule has 0 radical (unpaired) electrons. The summed E-state index contributed by atoms with van der Waals surface area (Å²) < 4.78 is 31.0. The van der Waals surface area contributed by atoms with E-state index < -0.39 is 16.1 Å². The summed E-state index contributed by atoms with van der Waals surface area (Å²) in [5.74, 6) is -0.225. The van der Waals surface area contributed by atoms with Crippen LogP contribution >= 0.6 is 11.6 Å². The van der Waals surface area contributed by atoms with E-state index in [9.17, 15) is 13.2 Å². The van der Waals surface area contributed by atoms with Gasteiger partial charge in [0.1, 0.15) is 0 Å². The Morgan fingerprint density at radius 1 is 1.39 bits per heavy atom. The molecule has 1 heterocycles. The number of carbonyl (C=O) groups is 1. The number of rotatable bonds is 7. The molecule has 0 saturated carbocycles. The first-order valence-electron chi connectivity index (χ1n) is 7.44. The molecule has 8 heteroatoms. The molecule has 23 heavy (non-hydrogen) atoms. The fourth-order valence-electron chi connectivity index (χ4n) is 2.47. The highest BCUT2D eigenvalue weighted by molar-refractivity contribution is 7.88. The van der Waals surface area contributed by atoms with Crippen molar-refractivity contribution < 1.29 is 17.9 Å². The molecule has 0 aliphatic carbocycles. The predicted molar refractivity (Wildman–Crippen MR) is 88.8 cm³/mol. The van der Waals surface area contributed by atoms with E-state index in [1.54, 1.807) is 24.3 Å². The zero-order valence-electron chi connectivity index (χ0n) is 12.9. The second-order valence-electron chi connectivity index (χ2n) is 5.64. The van der Waals surface area contributed by atoms with Gasteiger partial charge in [0.2, 0.25) is 15.9 Å². The Hall–Kier alpha value is -1.15. The van der Waals surface area contributed by atoms with E-state index >= 15 is 0 Å². The zero-order chi connectivity index (χ0) is 16.9. The van der Waals surface area contributed by atoms with Gasteiger partial charge in [-0.25, -0.2) is 13.1 Å². The molecule has 128 valence electrons. The van der Waals surface area contributed by atoms with E-state index in [1.807, 2.05) is 0 Å². The van der Waals surface area contributed by atoms with E-state index in [1.165, 1.54) is 0 Å². The quantitative estimate of drug-likeness (QED) is 0.773. The van der Waals surface area contributed by atoms with Gasteiger partial charge in [0.15, 0.2) is 0 Å². The highest BCUT2D eigenvalue weighted by Gasteiger charge is 2.21. The first kappa shape index (κ1) is 18.2. The third-order valence-corrected chi connectivity index (χ3v) is 4.53. The molecule has 1 aliphatic heterocycles. The van der Waals surface area contributed by atoms with Gasteiger partial charge >= 0.3 is 0 Å². The normalized spacial score (nSPS) is 19.5. The standard InChI is InChI=1S/C15H21ClN2O4S/c1-23(20,21)18-14(11-4-6-12(16)7-5-11)9-15(19)17-10-13-3-2-8-22-13/h4-7,13-14,18H,2-3,8-10H2,1H3,(H,17,19). The van der Waals surface area contributed by atoms with Crippen molar-refractivity contribution in [1.82, 2.24) is 10.0 Å². The molecule has 1 saturated heterocycles. The Morgan fingerprint density at radius 3 is 2.65 bits per heavy atom. The molecule has 6 nitrogen and oxygen atoms in total. The summed E-state index contributed by atoms with van der Waals surface area (Å²) in [5, 5.41) is 3.35. The average Bonchev–Trinajstić information content (AvgIpc) is 2.97. The molecule has 1 aromatic carbocycles. The van der Waals surface area contributed by atoms with Crippen LogP contribution in [0.2, 0.25) is 5.02 Å². The van der Waals surface area contributed by atoms with Gasteiger partial charge in [0.05, 0.1) is 18.4 Å². The Labute approximate surface area is 141 Å². The van der Waals surface area contributed by atoms with Crippen LogP contribution in [0.4, 0.5) is 0 Å². The van der Waals surface area contributed by atoms with Crippen LogP contribution in [0.25, 0.3) is 0 Å². The monoisotopic (exact) mass is 360 g/mol. The summed E-state index contributed by atoms with van der Waals surface area (Å²) >= 11 is 5.85. The number of halogens is 1. The summed E-state index contributed by atoms with van der Waals surface area (Å²) in [6.45, 7) is 1.18. The zero-order valence-corrected chi connectivity index (χ0v) is 14.5. The summed E-state index contributed by atoms with van der Waals surface area (Å²) in [5.41, 5.74) is 0.687. The summed E-state index contributed by atoms with van der Waals surface area (Å²) in [7, 11) is -3.45. The molecule has 1 amide bonds. The van der Waals surface area contributed by atoms with E-state index in [2.05, 4.69) is 10.0 Å². The minimum atomic E-state index is -3.45. The molecular weight excluding hydrogens is 340 g/mol. The number of carbonyl (C=O) groups excluding carboxylic acids is 1. The summed E-state index contributed by atoms with van der Waals surface area (Å²) in [6, 6.07) is 6.11. The van der Waals surface area contributed by atoms with Crippen molar-refractivity contribution in [1.29, 1.82) is 0 Å². The van der Waals surface area contributed by atoms with Crippen molar-refractivity contribution in [2.75, 3.05) is 19.4 Å². The van der Waals surface area contributed by atoms with Crippen LogP contribution in [0.5, 0.6) is 0 Å². The molecule has 1 aliphatic rings. The number of hydrogen-bond acceptors (Lipinski definition) is 4. The predicted octanol–water partition coefficient (Wildman–Crippen LogP) is 1.62. The summed E-state index contributed by atoms with van der Waals surface area (Å²) in [6.07, 6.45) is 3.07. The summed E-state index contributed by atoms with van der Waals surface area (Å²) in [4.78, 5) is 12.1. The Bertz CT molecular complexity index is 627. The fraction of sp³-hybridized carbons (Fsp3) is 0.533. The van der Waals surface area contributed by atoms with Gasteiger partial charge < -0.3 is 10.1 Å². The third kappa shape index (κ3) is 6.47. The van der Waals surface area contributed by atoms with Gasteiger partial charge in [-0.15, -0.1) is 0 Å². The van der Waals surface area contributed by atoms with Crippen LogP contribution in [0.3, 0.4) is 0 Å². The van der Waals surface area contributed by atoms with Gasteiger partial charge in [-0.1, -0.05) is 23.7 Å². The number of sulfonamides is 1. The second kappa shape index (κ2) is 8.10. The van der Waals surface area contributed by atoms with Crippen LogP contribution < -0.4 is 10.0 Å². The molecular formula is C15H21ClN2O4S. The fourth-order valence-corrected chi connectivity index (χ4v) is 3.33. The highest BCUT2D eigenvalue weighted by Crippen LogP contribution is 2.20. The number of hydrogen-bond donors (Lipinski definition) is 2. The number of ether oxygens (including phenoxy) is 1. The number of benzene rings is 1. The Morgan fingerprint density at radius 2 is 2.09 bits per heavy atom. The van der Waals surface area contributed by atoms with Crippen molar-refractivity contribution in [3.8, 4) is 0 Å². The van der Waals surface area contributed by atoms with Crippen LogP contribution in [-0.2, 0) is 19.6 Å². The van der Waals surface area contributed by atoms with E-state index in [4.69, 9.17) is 16.3 Å². The average molecular weight is 361 g/mol. The molecule has 2 N–H and O–H groups in total. The van der Waals surface area contributed by atoms with E-state index in [0.717, 1.165) is 25.7 Å². The number of nitrogens with one attached hydrogen (secondary N) is 2. The third-order valence-electron chi connectivity index (χ3n) is 3.57. The SMILES string of the molecule is CS(=O)(=O)NC(CC(=O)NCC1CCCO1)c1ccc(Cl)cc1. The smallest absolute Gasteiger partial charge is 0.222 e. The second-order valence-corrected chi connectivity index (χ2v) is 7.85. The van der Waals surface area contributed by atoms with Gasteiger partial charge in [-0.3, -0.25) is 4.79 Å².